The Morgan fingerprint density at radius 2 is 1.91 bits per heavy atom. The summed E-state index contributed by atoms with van der Waals surface area (Å²) in [6.45, 7) is 1.99. The lowest BCUT2D eigenvalue weighted by molar-refractivity contribution is -0.137. The molecule has 1 fully saturated rings. The van der Waals surface area contributed by atoms with Gasteiger partial charge >= 0.3 is 6.18 Å². The van der Waals surface area contributed by atoms with Crippen LogP contribution >= 0.6 is 11.3 Å². The average Bonchev–Trinajstić information content (AvgIpc) is 3.18. The first-order valence-electron chi connectivity index (χ1n) is 10.7. The minimum absolute atomic E-state index is 0.0725. The summed E-state index contributed by atoms with van der Waals surface area (Å²) in [5, 5.41) is 0.651. The van der Waals surface area contributed by atoms with E-state index in [0.717, 1.165) is 35.5 Å². The lowest BCUT2D eigenvalue weighted by Gasteiger charge is -2.31. The lowest BCUT2D eigenvalue weighted by Crippen LogP contribution is -2.46. The Labute approximate surface area is 188 Å². The minimum atomic E-state index is -4.37. The van der Waals surface area contributed by atoms with E-state index in [9.17, 15) is 22.8 Å². The Bertz CT molecular complexity index is 990. The van der Waals surface area contributed by atoms with Gasteiger partial charge in [0.2, 0.25) is 11.8 Å². The number of carbonyl (C=O) groups is 2. The molecular weight excluding hydrogens is 441 g/mol. The molecule has 4 rings (SSSR count). The quantitative estimate of drug-likeness (QED) is 0.732. The molecule has 0 radical (unpaired) electrons. The SMILES string of the molecule is N[C@@H](CC(=O)N1CCc2sc(-c3ccc(C(F)(F)F)cc3)nc2C1)CN1CCCCC1=O. The maximum absolute atomic E-state index is 12.8. The van der Waals surface area contributed by atoms with Gasteiger partial charge < -0.3 is 15.5 Å². The van der Waals surface area contributed by atoms with Crippen LogP contribution in [-0.4, -0.2) is 52.3 Å². The number of hydrogen-bond donors (Lipinski definition) is 1. The molecule has 0 saturated carbocycles. The van der Waals surface area contributed by atoms with Crippen LogP contribution in [0.25, 0.3) is 10.6 Å². The third kappa shape index (κ3) is 5.12. The number of rotatable bonds is 5. The van der Waals surface area contributed by atoms with Crippen LogP contribution in [0.2, 0.25) is 0 Å². The van der Waals surface area contributed by atoms with E-state index in [0.29, 0.717) is 49.6 Å². The molecule has 6 nitrogen and oxygen atoms in total. The van der Waals surface area contributed by atoms with Crippen molar-refractivity contribution in [3.63, 3.8) is 0 Å². The van der Waals surface area contributed by atoms with Crippen LogP contribution in [0.3, 0.4) is 0 Å². The van der Waals surface area contributed by atoms with Crippen molar-refractivity contribution >= 4 is 23.2 Å². The fourth-order valence-electron chi connectivity index (χ4n) is 4.09. The molecule has 1 saturated heterocycles. The summed E-state index contributed by atoms with van der Waals surface area (Å²) >= 11 is 1.45. The Balaban J connectivity index is 1.37. The molecule has 0 aliphatic carbocycles. The Kier molecular flexibility index (Phi) is 6.52. The average molecular weight is 467 g/mol. The molecule has 2 aliphatic heterocycles. The van der Waals surface area contributed by atoms with E-state index in [-0.39, 0.29) is 18.2 Å². The van der Waals surface area contributed by atoms with E-state index in [4.69, 9.17) is 5.73 Å². The van der Waals surface area contributed by atoms with E-state index in [2.05, 4.69) is 4.98 Å². The van der Waals surface area contributed by atoms with Gasteiger partial charge in [-0.25, -0.2) is 4.98 Å². The fourth-order valence-corrected chi connectivity index (χ4v) is 5.16. The van der Waals surface area contributed by atoms with Gasteiger partial charge in [-0.3, -0.25) is 9.59 Å². The van der Waals surface area contributed by atoms with E-state index in [1.807, 2.05) is 0 Å². The van der Waals surface area contributed by atoms with Crippen molar-refractivity contribution in [3.8, 4) is 10.6 Å². The van der Waals surface area contributed by atoms with Gasteiger partial charge in [-0.05, 0) is 25.0 Å². The number of thiazole rings is 1. The molecule has 0 unspecified atom stereocenters. The van der Waals surface area contributed by atoms with Gasteiger partial charge in [0.05, 0.1) is 17.8 Å². The van der Waals surface area contributed by atoms with Gasteiger partial charge in [-0.15, -0.1) is 11.3 Å². The standard InChI is InChI=1S/C22H25F3N4O2S/c23-22(24,25)15-6-4-14(5-7-15)21-27-17-13-29(10-8-18(17)32-21)20(31)11-16(26)12-28-9-2-1-3-19(28)30/h4-7,16H,1-3,8-13,26H2/t16-/m0/s1. The number of benzene rings is 1. The molecule has 0 bridgehead atoms. The largest absolute Gasteiger partial charge is 0.416 e. The van der Waals surface area contributed by atoms with Gasteiger partial charge in [0, 0.05) is 55.4 Å². The van der Waals surface area contributed by atoms with Crippen LogP contribution in [-0.2, 0) is 28.7 Å². The minimum Gasteiger partial charge on any atom is -0.341 e. The first-order chi connectivity index (χ1) is 15.2. The topological polar surface area (TPSA) is 79.5 Å². The summed E-state index contributed by atoms with van der Waals surface area (Å²) in [6.07, 6.45) is -1.15. The first kappa shape index (κ1) is 22.7. The summed E-state index contributed by atoms with van der Waals surface area (Å²) in [4.78, 5) is 33.8. The normalized spacial score (nSPS) is 17.9. The smallest absolute Gasteiger partial charge is 0.341 e. The van der Waals surface area contributed by atoms with Crippen LogP contribution in [0.15, 0.2) is 24.3 Å². The van der Waals surface area contributed by atoms with Crippen molar-refractivity contribution in [3.05, 3.63) is 40.4 Å². The molecule has 3 heterocycles. The number of nitrogens with zero attached hydrogens (tertiary/aromatic N) is 3. The zero-order valence-corrected chi connectivity index (χ0v) is 18.3. The van der Waals surface area contributed by atoms with Gasteiger partial charge in [-0.1, -0.05) is 12.1 Å². The zero-order chi connectivity index (χ0) is 22.9. The number of alkyl halides is 3. The van der Waals surface area contributed by atoms with Crippen molar-refractivity contribution in [2.75, 3.05) is 19.6 Å². The molecule has 1 aromatic carbocycles. The summed E-state index contributed by atoms with van der Waals surface area (Å²) in [7, 11) is 0. The first-order valence-corrected chi connectivity index (χ1v) is 11.5. The highest BCUT2D eigenvalue weighted by atomic mass is 32.1. The van der Waals surface area contributed by atoms with E-state index >= 15 is 0 Å². The van der Waals surface area contributed by atoms with Gasteiger partial charge in [-0.2, -0.15) is 13.2 Å². The van der Waals surface area contributed by atoms with E-state index in [1.165, 1.54) is 23.5 Å². The number of amides is 2. The molecule has 2 aliphatic rings. The second-order valence-electron chi connectivity index (χ2n) is 8.29. The number of halogens is 3. The Morgan fingerprint density at radius 3 is 2.59 bits per heavy atom. The highest BCUT2D eigenvalue weighted by Crippen LogP contribution is 2.34. The molecule has 10 heteroatoms. The highest BCUT2D eigenvalue weighted by molar-refractivity contribution is 7.15. The van der Waals surface area contributed by atoms with E-state index < -0.39 is 17.8 Å². The van der Waals surface area contributed by atoms with Gasteiger partial charge in [0.15, 0.2) is 0 Å². The number of likely N-dealkylation sites (tertiary alicyclic amines) is 1. The number of aromatic nitrogens is 1. The number of piperidine rings is 1. The predicted molar refractivity (Wildman–Crippen MR) is 115 cm³/mol. The van der Waals surface area contributed by atoms with Crippen molar-refractivity contribution in [2.24, 2.45) is 5.73 Å². The maximum atomic E-state index is 12.8. The molecule has 2 aromatic rings. The molecule has 1 atom stereocenters. The zero-order valence-electron chi connectivity index (χ0n) is 17.5. The molecular formula is C22H25F3N4O2S. The second-order valence-corrected chi connectivity index (χ2v) is 9.37. The van der Waals surface area contributed by atoms with E-state index in [1.54, 1.807) is 9.80 Å². The van der Waals surface area contributed by atoms with Crippen LogP contribution in [0.1, 0.15) is 41.8 Å². The summed E-state index contributed by atoms with van der Waals surface area (Å²) in [6, 6.07) is 4.55. The van der Waals surface area contributed by atoms with Crippen molar-refractivity contribution in [1.82, 2.24) is 14.8 Å². The second kappa shape index (κ2) is 9.19. The summed E-state index contributed by atoms with van der Waals surface area (Å²) in [5.41, 5.74) is 6.87. The molecule has 2 N–H and O–H groups in total. The third-order valence-electron chi connectivity index (χ3n) is 5.85. The molecule has 32 heavy (non-hydrogen) atoms. The van der Waals surface area contributed by atoms with Crippen LogP contribution in [0.5, 0.6) is 0 Å². The number of hydrogen-bond acceptors (Lipinski definition) is 5. The number of fused-ring (bicyclic) bond motifs is 1. The number of carbonyl (C=O) groups excluding carboxylic acids is 2. The third-order valence-corrected chi connectivity index (χ3v) is 7.06. The van der Waals surface area contributed by atoms with Crippen molar-refractivity contribution in [1.29, 1.82) is 0 Å². The van der Waals surface area contributed by atoms with Crippen LogP contribution in [0, 0.1) is 0 Å². The van der Waals surface area contributed by atoms with Crippen LogP contribution in [0.4, 0.5) is 13.2 Å². The number of nitrogens with two attached hydrogens (primary N) is 1. The summed E-state index contributed by atoms with van der Waals surface area (Å²) in [5.74, 6) is 0.0247. The molecule has 0 spiro atoms. The molecule has 2 amide bonds. The molecule has 1 aromatic heterocycles. The van der Waals surface area contributed by atoms with Crippen molar-refractivity contribution < 1.29 is 22.8 Å². The molecule has 172 valence electrons. The van der Waals surface area contributed by atoms with Crippen LogP contribution < -0.4 is 5.73 Å². The summed E-state index contributed by atoms with van der Waals surface area (Å²) < 4.78 is 38.4. The maximum Gasteiger partial charge on any atom is 0.416 e. The van der Waals surface area contributed by atoms with Gasteiger partial charge in [0.25, 0.3) is 0 Å². The monoisotopic (exact) mass is 466 g/mol. The highest BCUT2D eigenvalue weighted by Gasteiger charge is 2.31. The van der Waals surface area contributed by atoms with Crippen molar-refractivity contribution in [2.45, 2.75) is 50.9 Å². The Hall–Kier alpha value is -2.46. The lowest BCUT2D eigenvalue weighted by atomic mass is 10.1. The van der Waals surface area contributed by atoms with Gasteiger partial charge in [0.1, 0.15) is 5.01 Å². The predicted octanol–water partition coefficient (Wildman–Crippen LogP) is 3.44. The Morgan fingerprint density at radius 1 is 1.16 bits per heavy atom. The fraction of sp³-hybridized carbons (Fsp3) is 0.500.